The van der Waals surface area contributed by atoms with Crippen LogP contribution in [0.5, 0.6) is 11.5 Å². The van der Waals surface area contributed by atoms with Gasteiger partial charge in [0, 0.05) is 35.9 Å². The Labute approximate surface area is 140 Å². The minimum absolute atomic E-state index is 0.0899. The SMILES string of the molecule is CCOc1c(OC)ccc(-c2cncc(C3CCOB3O)c2)c1F. The summed E-state index contributed by atoms with van der Waals surface area (Å²) in [5.74, 6) is -0.197. The molecule has 1 unspecified atom stereocenters. The zero-order chi connectivity index (χ0) is 17.1. The summed E-state index contributed by atoms with van der Waals surface area (Å²) in [5, 5.41) is 9.88. The monoisotopic (exact) mass is 331 g/mol. The standard InChI is InChI=1S/C17H19BFNO4/c1-3-23-17-15(22-2)5-4-13(16(17)19)11-8-12(10-20-9-11)14-6-7-24-18(14)21/h4-5,8-10,14,21H,3,6-7H2,1-2H3. The van der Waals surface area contributed by atoms with Crippen molar-refractivity contribution in [1.82, 2.24) is 4.98 Å². The molecule has 24 heavy (non-hydrogen) atoms. The topological polar surface area (TPSA) is 60.8 Å². The molecule has 2 aromatic rings. The van der Waals surface area contributed by atoms with Gasteiger partial charge in [-0.3, -0.25) is 4.98 Å². The van der Waals surface area contributed by atoms with Gasteiger partial charge in [-0.1, -0.05) is 0 Å². The van der Waals surface area contributed by atoms with Gasteiger partial charge in [0.1, 0.15) is 0 Å². The molecular formula is C17H19BFNO4. The molecule has 1 aromatic carbocycles. The third-order valence-corrected chi connectivity index (χ3v) is 4.13. The van der Waals surface area contributed by atoms with E-state index >= 15 is 0 Å². The molecule has 0 amide bonds. The van der Waals surface area contributed by atoms with E-state index in [2.05, 4.69) is 4.98 Å². The van der Waals surface area contributed by atoms with Crippen LogP contribution in [0.3, 0.4) is 0 Å². The first kappa shape index (κ1) is 16.7. The summed E-state index contributed by atoms with van der Waals surface area (Å²) in [6.45, 7) is 2.62. The van der Waals surface area contributed by atoms with E-state index in [1.807, 2.05) is 6.07 Å². The summed E-state index contributed by atoms with van der Waals surface area (Å²) in [4.78, 5) is 4.19. The number of methoxy groups -OCH3 is 1. The summed E-state index contributed by atoms with van der Waals surface area (Å²) in [7, 11) is 0.627. The van der Waals surface area contributed by atoms with Gasteiger partial charge >= 0.3 is 7.12 Å². The molecule has 1 aliphatic heterocycles. The molecule has 1 aromatic heterocycles. The Hall–Kier alpha value is -2.12. The number of benzene rings is 1. The van der Waals surface area contributed by atoms with Crippen LogP contribution in [0.2, 0.25) is 0 Å². The Morgan fingerprint density at radius 2 is 2.25 bits per heavy atom. The van der Waals surface area contributed by atoms with Crippen LogP contribution in [0.4, 0.5) is 4.39 Å². The van der Waals surface area contributed by atoms with E-state index in [0.717, 1.165) is 5.56 Å². The summed E-state index contributed by atoms with van der Waals surface area (Å²) >= 11 is 0. The van der Waals surface area contributed by atoms with E-state index in [4.69, 9.17) is 14.1 Å². The minimum atomic E-state index is -0.846. The number of halogens is 1. The van der Waals surface area contributed by atoms with Crippen molar-refractivity contribution in [2.75, 3.05) is 20.3 Å². The smallest absolute Gasteiger partial charge is 0.462 e. The van der Waals surface area contributed by atoms with E-state index in [-0.39, 0.29) is 11.6 Å². The first-order valence-electron chi connectivity index (χ1n) is 7.90. The van der Waals surface area contributed by atoms with Crippen LogP contribution in [0, 0.1) is 5.82 Å². The fraction of sp³-hybridized carbons (Fsp3) is 0.353. The lowest BCUT2D eigenvalue weighted by Crippen LogP contribution is -2.19. The van der Waals surface area contributed by atoms with Crippen molar-refractivity contribution in [1.29, 1.82) is 0 Å². The summed E-state index contributed by atoms with van der Waals surface area (Å²) in [5.41, 5.74) is 1.82. The second kappa shape index (κ2) is 7.19. The molecule has 0 saturated carbocycles. The molecule has 0 aliphatic carbocycles. The maximum Gasteiger partial charge on any atom is 0.462 e. The molecular weight excluding hydrogens is 312 g/mol. The van der Waals surface area contributed by atoms with Crippen molar-refractivity contribution in [2.45, 2.75) is 19.2 Å². The van der Waals surface area contributed by atoms with Gasteiger partial charge < -0.3 is 19.2 Å². The quantitative estimate of drug-likeness (QED) is 0.854. The van der Waals surface area contributed by atoms with Crippen LogP contribution < -0.4 is 9.47 Å². The van der Waals surface area contributed by atoms with Gasteiger partial charge in [-0.2, -0.15) is 0 Å². The van der Waals surface area contributed by atoms with Gasteiger partial charge in [-0.25, -0.2) is 4.39 Å². The normalized spacial score (nSPS) is 17.2. The number of hydrogen-bond donors (Lipinski definition) is 1. The molecule has 0 radical (unpaired) electrons. The van der Waals surface area contributed by atoms with Crippen molar-refractivity contribution in [3.63, 3.8) is 0 Å². The molecule has 0 bridgehead atoms. The fourth-order valence-electron chi connectivity index (χ4n) is 2.91. The van der Waals surface area contributed by atoms with E-state index in [9.17, 15) is 9.41 Å². The van der Waals surface area contributed by atoms with E-state index in [0.29, 0.717) is 36.5 Å². The lowest BCUT2D eigenvalue weighted by Gasteiger charge is -2.14. The maximum atomic E-state index is 14.9. The van der Waals surface area contributed by atoms with Crippen molar-refractivity contribution in [3.05, 3.63) is 42.0 Å². The average molecular weight is 331 g/mol. The van der Waals surface area contributed by atoms with Gasteiger partial charge in [-0.05, 0) is 37.1 Å². The lowest BCUT2D eigenvalue weighted by atomic mass is 9.69. The lowest BCUT2D eigenvalue weighted by molar-refractivity contribution is 0.295. The van der Waals surface area contributed by atoms with Crippen molar-refractivity contribution in [2.24, 2.45) is 0 Å². The highest BCUT2D eigenvalue weighted by Gasteiger charge is 2.34. The Balaban J connectivity index is 2.01. The molecule has 3 rings (SSSR count). The molecule has 126 valence electrons. The predicted molar refractivity (Wildman–Crippen MR) is 88.6 cm³/mol. The highest BCUT2D eigenvalue weighted by Crippen LogP contribution is 2.38. The highest BCUT2D eigenvalue weighted by molar-refractivity contribution is 6.45. The van der Waals surface area contributed by atoms with Crippen LogP contribution in [0.1, 0.15) is 24.7 Å². The number of aromatic nitrogens is 1. The first-order chi connectivity index (χ1) is 11.7. The Kier molecular flexibility index (Phi) is 5.01. The van der Waals surface area contributed by atoms with Gasteiger partial charge in [0.05, 0.1) is 13.7 Å². The van der Waals surface area contributed by atoms with E-state index < -0.39 is 12.9 Å². The zero-order valence-corrected chi connectivity index (χ0v) is 13.7. The first-order valence-corrected chi connectivity index (χ1v) is 7.90. The Bertz CT molecular complexity index is 728. The minimum Gasteiger partial charge on any atom is -0.493 e. The van der Waals surface area contributed by atoms with Crippen LogP contribution in [0.15, 0.2) is 30.6 Å². The third-order valence-electron chi connectivity index (χ3n) is 4.13. The third kappa shape index (κ3) is 3.09. The van der Waals surface area contributed by atoms with Gasteiger partial charge in [0.2, 0.25) is 0 Å². The molecule has 1 atom stereocenters. The number of ether oxygens (including phenoxy) is 2. The van der Waals surface area contributed by atoms with Crippen LogP contribution in [-0.2, 0) is 4.65 Å². The molecule has 1 N–H and O–H groups in total. The molecule has 7 heteroatoms. The number of rotatable bonds is 5. The molecule has 1 saturated heterocycles. The summed E-state index contributed by atoms with van der Waals surface area (Å²) in [6.07, 6.45) is 3.98. The predicted octanol–water partition coefficient (Wildman–Crippen LogP) is 2.82. The van der Waals surface area contributed by atoms with Gasteiger partial charge in [0.25, 0.3) is 0 Å². The molecule has 2 heterocycles. The number of pyridine rings is 1. The zero-order valence-electron chi connectivity index (χ0n) is 13.7. The van der Waals surface area contributed by atoms with Crippen molar-refractivity contribution in [3.8, 4) is 22.6 Å². The largest absolute Gasteiger partial charge is 0.493 e. The van der Waals surface area contributed by atoms with Crippen molar-refractivity contribution >= 4 is 7.12 Å². The highest BCUT2D eigenvalue weighted by atomic mass is 19.1. The maximum absolute atomic E-state index is 14.9. The van der Waals surface area contributed by atoms with Gasteiger partial charge in [-0.15, -0.1) is 0 Å². The van der Waals surface area contributed by atoms with Crippen LogP contribution in [0.25, 0.3) is 11.1 Å². The second-order valence-corrected chi connectivity index (χ2v) is 5.55. The van der Waals surface area contributed by atoms with Gasteiger partial charge in [0.15, 0.2) is 17.3 Å². The molecule has 0 spiro atoms. The number of nitrogens with zero attached hydrogens (tertiary/aromatic N) is 1. The summed E-state index contributed by atoms with van der Waals surface area (Å²) in [6, 6.07) is 5.14. The molecule has 1 aliphatic rings. The summed E-state index contributed by atoms with van der Waals surface area (Å²) < 4.78 is 30.6. The van der Waals surface area contributed by atoms with Crippen LogP contribution >= 0.6 is 0 Å². The Morgan fingerprint density at radius 1 is 1.42 bits per heavy atom. The molecule has 1 fully saturated rings. The molecule has 5 nitrogen and oxygen atoms in total. The van der Waals surface area contributed by atoms with Crippen molar-refractivity contribution < 1.29 is 23.5 Å². The van der Waals surface area contributed by atoms with Crippen LogP contribution in [-0.4, -0.2) is 37.4 Å². The van der Waals surface area contributed by atoms with E-state index in [1.165, 1.54) is 7.11 Å². The second-order valence-electron chi connectivity index (χ2n) is 5.55. The number of hydrogen-bond acceptors (Lipinski definition) is 5. The van der Waals surface area contributed by atoms with E-state index in [1.54, 1.807) is 31.5 Å². The average Bonchev–Trinajstić information content (AvgIpc) is 3.03. The Morgan fingerprint density at radius 3 is 2.92 bits per heavy atom. The fourth-order valence-corrected chi connectivity index (χ4v) is 2.91.